The van der Waals surface area contributed by atoms with Gasteiger partial charge in [-0.25, -0.2) is 4.79 Å². The fourth-order valence-electron chi connectivity index (χ4n) is 2.27. The lowest BCUT2D eigenvalue weighted by molar-refractivity contribution is -0.123. The molecule has 1 heterocycles. The molecule has 1 aliphatic rings. The molecule has 0 aliphatic carbocycles. The summed E-state index contributed by atoms with van der Waals surface area (Å²) in [6.45, 7) is -1.43. The number of carbonyl (C=O) groups excluding carboxylic acids is 2. The number of benzene rings is 2. The molecule has 0 saturated carbocycles. The SMILES string of the molecule is CC(OC(=O)c1ccc(OC(F)F)cc1)C(=O)Nc1ccc2c(c1)OCO2. The minimum absolute atomic E-state index is 0.0878. The van der Waals surface area contributed by atoms with Gasteiger partial charge in [-0.15, -0.1) is 0 Å². The number of fused-ring (bicyclic) bond motifs is 1. The Morgan fingerprint density at radius 2 is 1.78 bits per heavy atom. The molecule has 0 aromatic heterocycles. The molecule has 1 atom stereocenters. The molecule has 0 fully saturated rings. The summed E-state index contributed by atoms with van der Waals surface area (Å²) >= 11 is 0. The topological polar surface area (TPSA) is 83.1 Å². The number of nitrogens with one attached hydrogen (secondary N) is 1. The summed E-state index contributed by atoms with van der Waals surface area (Å²) in [6, 6.07) is 9.82. The smallest absolute Gasteiger partial charge is 0.387 e. The van der Waals surface area contributed by atoms with Crippen molar-refractivity contribution in [2.24, 2.45) is 0 Å². The van der Waals surface area contributed by atoms with Crippen LogP contribution in [0.1, 0.15) is 17.3 Å². The first-order valence-electron chi connectivity index (χ1n) is 7.89. The normalized spacial score (nSPS) is 13.2. The van der Waals surface area contributed by atoms with Gasteiger partial charge in [0.25, 0.3) is 5.91 Å². The molecule has 0 bridgehead atoms. The fourth-order valence-corrected chi connectivity index (χ4v) is 2.27. The number of esters is 1. The van der Waals surface area contributed by atoms with Crippen molar-refractivity contribution in [2.45, 2.75) is 19.6 Å². The van der Waals surface area contributed by atoms with Crippen molar-refractivity contribution in [3.63, 3.8) is 0 Å². The maximum atomic E-state index is 12.2. The number of anilines is 1. The van der Waals surface area contributed by atoms with Gasteiger partial charge in [0.1, 0.15) is 5.75 Å². The second kappa shape index (κ2) is 7.90. The molecular formula is C18H15F2NO6. The van der Waals surface area contributed by atoms with Crippen molar-refractivity contribution in [1.29, 1.82) is 0 Å². The Labute approximate surface area is 152 Å². The first-order valence-corrected chi connectivity index (χ1v) is 7.89. The number of amides is 1. The second-order valence-electron chi connectivity index (χ2n) is 5.51. The predicted molar refractivity (Wildman–Crippen MR) is 89.1 cm³/mol. The molecule has 27 heavy (non-hydrogen) atoms. The van der Waals surface area contributed by atoms with Crippen LogP contribution < -0.4 is 19.5 Å². The van der Waals surface area contributed by atoms with E-state index in [2.05, 4.69) is 10.1 Å². The van der Waals surface area contributed by atoms with E-state index in [1.54, 1.807) is 18.2 Å². The second-order valence-corrected chi connectivity index (χ2v) is 5.51. The Balaban J connectivity index is 1.56. The molecule has 7 nitrogen and oxygen atoms in total. The highest BCUT2D eigenvalue weighted by Gasteiger charge is 2.20. The zero-order valence-corrected chi connectivity index (χ0v) is 14.1. The van der Waals surface area contributed by atoms with Crippen molar-refractivity contribution in [1.82, 2.24) is 0 Å². The summed E-state index contributed by atoms with van der Waals surface area (Å²) in [5.41, 5.74) is 0.556. The lowest BCUT2D eigenvalue weighted by Crippen LogP contribution is -2.30. The zero-order valence-electron chi connectivity index (χ0n) is 14.1. The third-order valence-corrected chi connectivity index (χ3v) is 3.61. The first-order chi connectivity index (χ1) is 12.9. The molecule has 9 heteroatoms. The number of carbonyl (C=O) groups is 2. The van der Waals surface area contributed by atoms with Crippen LogP contribution in [0.4, 0.5) is 14.5 Å². The number of halogens is 2. The summed E-state index contributed by atoms with van der Waals surface area (Å²) < 4.78 is 43.9. The van der Waals surface area contributed by atoms with Gasteiger partial charge in [-0.1, -0.05) is 0 Å². The number of hydrogen-bond acceptors (Lipinski definition) is 6. The number of ether oxygens (including phenoxy) is 4. The molecule has 3 rings (SSSR count). The van der Waals surface area contributed by atoms with Crippen LogP contribution in [-0.2, 0) is 9.53 Å². The molecule has 1 aliphatic heterocycles. The third kappa shape index (κ3) is 4.63. The predicted octanol–water partition coefficient (Wildman–Crippen LogP) is 3.20. The highest BCUT2D eigenvalue weighted by atomic mass is 19.3. The Bertz CT molecular complexity index is 840. The van der Waals surface area contributed by atoms with Gasteiger partial charge in [0, 0.05) is 11.8 Å². The van der Waals surface area contributed by atoms with Crippen LogP contribution >= 0.6 is 0 Å². The van der Waals surface area contributed by atoms with Crippen molar-refractivity contribution in [2.75, 3.05) is 12.1 Å². The van der Waals surface area contributed by atoms with Crippen LogP contribution in [0.5, 0.6) is 17.2 Å². The average Bonchev–Trinajstić information content (AvgIpc) is 3.09. The largest absolute Gasteiger partial charge is 0.454 e. The van der Waals surface area contributed by atoms with Gasteiger partial charge in [0.05, 0.1) is 5.56 Å². The van der Waals surface area contributed by atoms with E-state index in [9.17, 15) is 18.4 Å². The van der Waals surface area contributed by atoms with Crippen LogP contribution in [0, 0.1) is 0 Å². The molecule has 0 radical (unpaired) electrons. The van der Waals surface area contributed by atoms with E-state index in [1.807, 2.05) is 0 Å². The van der Waals surface area contributed by atoms with Gasteiger partial charge in [0.2, 0.25) is 6.79 Å². The lowest BCUT2D eigenvalue weighted by Gasteiger charge is -2.14. The minimum Gasteiger partial charge on any atom is -0.454 e. The van der Waals surface area contributed by atoms with Gasteiger partial charge in [-0.3, -0.25) is 4.79 Å². The van der Waals surface area contributed by atoms with E-state index in [-0.39, 0.29) is 18.1 Å². The van der Waals surface area contributed by atoms with Gasteiger partial charge in [-0.05, 0) is 43.3 Å². The van der Waals surface area contributed by atoms with Crippen LogP contribution in [0.25, 0.3) is 0 Å². The molecular weight excluding hydrogens is 364 g/mol. The molecule has 0 spiro atoms. The quantitative estimate of drug-likeness (QED) is 0.776. The van der Waals surface area contributed by atoms with Crippen molar-refractivity contribution in [3.8, 4) is 17.2 Å². The Kier molecular flexibility index (Phi) is 5.39. The number of rotatable bonds is 6. The van der Waals surface area contributed by atoms with Crippen LogP contribution in [0.15, 0.2) is 42.5 Å². The highest BCUT2D eigenvalue weighted by Crippen LogP contribution is 2.34. The van der Waals surface area contributed by atoms with Crippen LogP contribution in [0.2, 0.25) is 0 Å². The minimum atomic E-state index is -2.96. The van der Waals surface area contributed by atoms with E-state index in [4.69, 9.17) is 14.2 Å². The van der Waals surface area contributed by atoms with E-state index in [0.29, 0.717) is 17.2 Å². The molecule has 0 saturated heterocycles. The molecule has 1 amide bonds. The lowest BCUT2D eigenvalue weighted by atomic mass is 10.2. The first kappa shape index (κ1) is 18.4. The summed E-state index contributed by atoms with van der Waals surface area (Å²) in [6.07, 6.45) is -1.08. The Hall–Kier alpha value is -3.36. The van der Waals surface area contributed by atoms with E-state index < -0.39 is 24.6 Å². The standard InChI is InChI=1S/C18H15F2NO6/c1-10(16(22)21-12-4-7-14-15(8-12)25-9-24-14)26-17(23)11-2-5-13(6-3-11)27-18(19)20/h2-8,10,18H,9H2,1H3,(H,21,22). The van der Waals surface area contributed by atoms with Gasteiger partial charge in [-0.2, -0.15) is 8.78 Å². The van der Waals surface area contributed by atoms with Crippen molar-refractivity contribution in [3.05, 3.63) is 48.0 Å². The summed E-state index contributed by atoms with van der Waals surface area (Å²) in [5, 5.41) is 2.60. The van der Waals surface area contributed by atoms with E-state index >= 15 is 0 Å². The molecule has 1 N–H and O–H groups in total. The van der Waals surface area contributed by atoms with E-state index in [1.165, 1.54) is 31.2 Å². The summed E-state index contributed by atoms with van der Waals surface area (Å²) in [5.74, 6) is -0.322. The van der Waals surface area contributed by atoms with E-state index in [0.717, 1.165) is 0 Å². The van der Waals surface area contributed by atoms with Crippen molar-refractivity contribution >= 4 is 17.6 Å². The maximum Gasteiger partial charge on any atom is 0.387 e. The fraction of sp³-hybridized carbons (Fsp3) is 0.222. The number of alkyl halides is 2. The molecule has 1 unspecified atom stereocenters. The maximum absolute atomic E-state index is 12.2. The van der Waals surface area contributed by atoms with Gasteiger partial charge in [0.15, 0.2) is 17.6 Å². The molecule has 2 aromatic rings. The molecule has 2 aromatic carbocycles. The zero-order chi connectivity index (χ0) is 19.4. The third-order valence-electron chi connectivity index (χ3n) is 3.61. The van der Waals surface area contributed by atoms with Crippen LogP contribution in [0.3, 0.4) is 0 Å². The van der Waals surface area contributed by atoms with Gasteiger partial charge >= 0.3 is 12.6 Å². The highest BCUT2D eigenvalue weighted by molar-refractivity contribution is 5.97. The monoisotopic (exact) mass is 379 g/mol. The summed E-state index contributed by atoms with van der Waals surface area (Å²) in [7, 11) is 0. The molecule has 142 valence electrons. The van der Waals surface area contributed by atoms with Crippen LogP contribution in [-0.4, -0.2) is 31.4 Å². The Morgan fingerprint density at radius 3 is 2.48 bits per heavy atom. The number of hydrogen-bond donors (Lipinski definition) is 1. The Morgan fingerprint density at radius 1 is 1.07 bits per heavy atom. The average molecular weight is 379 g/mol. The van der Waals surface area contributed by atoms with Crippen molar-refractivity contribution < 1.29 is 37.3 Å². The van der Waals surface area contributed by atoms with Gasteiger partial charge < -0.3 is 24.3 Å². The summed E-state index contributed by atoms with van der Waals surface area (Å²) in [4.78, 5) is 24.3.